The van der Waals surface area contributed by atoms with Crippen molar-refractivity contribution in [3.05, 3.63) is 24.4 Å². The van der Waals surface area contributed by atoms with Gasteiger partial charge in [0.15, 0.2) is 0 Å². The minimum absolute atomic E-state index is 0. The second kappa shape index (κ2) is 5.35. The third-order valence-corrected chi connectivity index (χ3v) is 2.18. The Morgan fingerprint density at radius 3 is 2.35 bits per heavy atom. The van der Waals surface area contributed by atoms with Gasteiger partial charge in [-0.05, 0) is 6.07 Å². The molecule has 2 nitrogen and oxygen atoms in total. The minimum atomic E-state index is -5.12. The van der Waals surface area contributed by atoms with E-state index in [2.05, 4.69) is 5.10 Å². The fourth-order valence-electron chi connectivity index (χ4n) is 1.43. The van der Waals surface area contributed by atoms with Crippen molar-refractivity contribution in [1.82, 2.24) is 9.78 Å². The molecule has 0 unspecified atom stereocenters. The number of alkyl halides is 2. The number of benzene rings is 1. The van der Waals surface area contributed by atoms with Crippen molar-refractivity contribution < 1.29 is 73.1 Å². The molecule has 0 aliphatic carbocycles. The van der Waals surface area contributed by atoms with Crippen molar-refractivity contribution in [2.75, 3.05) is 0 Å². The molecular weight excluding hydrogens is 269 g/mol. The Kier molecular flexibility index (Phi) is 4.75. The molecule has 0 radical (unpaired) electrons. The fourth-order valence-corrected chi connectivity index (χ4v) is 1.43. The number of nitrogens with zero attached hydrogens (tertiary/aromatic N) is 2. The summed E-state index contributed by atoms with van der Waals surface area (Å²) in [5, 5.41) is 3.38. The van der Waals surface area contributed by atoms with Crippen LogP contribution < -0.4 is 56.8 Å². The summed E-state index contributed by atoms with van der Waals surface area (Å²) < 4.78 is 62.2. The molecule has 0 aliphatic rings. The molecule has 0 saturated carbocycles. The predicted octanol–water partition coefficient (Wildman–Crippen LogP) is -0.510. The van der Waals surface area contributed by atoms with Crippen LogP contribution in [0.25, 0.3) is 10.9 Å². The van der Waals surface area contributed by atoms with Crippen LogP contribution in [0.1, 0.15) is 6.55 Å². The molecule has 1 heterocycles. The molecule has 0 spiro atoms. The van der Waals surface area contributed by atoms with Crippen LogP contribution >= 0.6 is 0 Å². The summed E-state index contributed by atoms with van der Waals surface area (Å²) in [6, 6.07) is 2.60. The van der Waals surface area contributed by atoms with Crippen molar-refractivity contribution >= 4 is 23.3 Å². The van der Waals surface area contributed by atoms with Gasteiger partial charge in [0.25, 0.3) is 0 Å². The van der Waals surface area contributed by atoms with Crippen LogP contribution in [0.5, 0.6) is 0 Å². The molecule has 0 saturated heterocycles. The number of hydrogen-bond acceptors (Lipinski definition) is 1. The summed E-state index contributed by atoms with van der Waals surface area (Å²) >= 11 is 0. The first-order valence-electron chi connectivity index (χ1n) is 4.35. The van der Waals surface area contributed by atoms with Crippen molar-refractivity contribution in [2.24, 2.45) is 0 Å². The first kappa shape index (κ1) is 15.1. The molecule has 1 aromatic heterocycles. The van der Waals surface area contributed by atoms with E-state index in [1.165, 1.54) is 0 Å². The second-order valence-corrected chi connectivity index (χ2v) is 3.26. The smallest absolute Gasteiger partial charge is 0.445 e. The Morgan fingerprint density at radius 1 is 1.18 bits per heavy atom. The van der Waals surface area contributed by atoms with E-state index in [1.807, 2.05) is 0 Å². The molecule has 2 rings (SSSR count). The molecule has 17 heavy (non-hydrogen) atoms. The zero-order chi connectivity index (χ0) is 11.9. The average molecular weight is 274 g/mol. The molecule has 0 aliphatic heterocycles. The Bertz CT molecular complexity index is 524. The largest absolute Gasteiger partial charge is 1.00 e. The van der Waals surface area contributed by atoms with Gasteiger partial charge >= 0.3 is 64.9 Å². The minimum Gasteiger partial charge on any atom is -0.445 e. The Labute approximate surface area is 136 Å². The maximum absolute atomic E-state index is 12.4. The molecule has 0 fully saturated rings. The van der Waals surface area contributed by atoms with Gasteiger partial charge in [0.1, 0.15) is 0 Å². The predicted molar refractivity (Wildman–Crippen MR) is 49.7 cm³/mol. The number of aromatic nitrogens is 2. The summed E-state index contributed by atoms with van der Waals surface area (Å²) in [6.45, 7) is -7.98. The number of hydrogen-bond donors (Lipinski definition) is 0. The van der Waals surface area contributed by atoms with E-state index < -0.39 is 19.0 Å². The average Bonchev–Trinajstić information content (AvgIpc) is 2.58. The zero-order valence-corrected chi connectivity index (χ0v) is 11.9. The van der Waals surface area contributed by atoms with Crippen molar-refractivity contribution in [3.8, 4) is 0 Å². The van der Waals surface area contributed by atoms with E-state index in [0.717, 1.165) is 24.4 Å². The van der Waals surface area contributed by atoms with Crippen molar-refractivity contribution in [1.29, 1.82) is 0 Å². The molecule has 0 amide bonds. The van der Waals surface area contributed by atoms with E-state index in [1.54, 1.807) is 0 Å². The van der Waals surface area contributed by atoms with Crippen molar-refractivity contribution in [2.45, 2.75) is 6.55 Å². The molecule has 0 bridgehead atoms. The van der Waals surface area contributed by atoms with Gasteiger partial charge in [-0.25, -0.2) is 4.68 Å². The van der Waals surface area contributed by atoms with E-state index in [9.17, 15) is 21.7 Å². The summed E-state index contributed by atoms with van der Waals surface area (Å²) in [6.07, 6.45) is 0.993. The van der Waals surface area contributed by atoms with Crippen LogP contribution in [0, 0.1) is 0 Å². The normalized spacial score (nSPS) is 11.9. The van der Waals surface area contributed by atoms with Crippen LogP contribution in [0.4, 0.5) is 21.7 Å². The van der Waals surface area contributed by atoms with E-state index in [4.69, 9.17) is 0 Å². The number of fused-ring (bicyclic) bond motifs is 1. The zero-order valence-electron chi connectivity index (χ0n) is 8.75. The monoisotopic (exact) mass is 274 g/mol. The summed E-state index contributed by atoms with van der Waals surface area (Å²) in [5.41, 5.74) is -0.833. The van der Waals surface area contributed by atoms with Crippen LogP contribution in [0.3, 0.4) is 0 Å². The molecule has 0 atom stereocenters. The molecule has 9 heteroatoms. The topological polar surface area (TPSA) is 17.8 Å². The SMILES string of the molecule is FC(F)n1ncc2cc([B-](F)(F)F)ccc21.[K+]. The van der Waals surface area contributed by atoms with Crippen molar-refractivity contribution in [3.63, 3.8) is 0 Å². The van der Waals surface area contributed by atoms with Gasteiger partial charge in [0.05, 0.1) is 11.7 Å². The second-order valence-electron chi connectivity index (χ2n) is 3.26. The molecule has 0 N–H and O–H groups in total. The summed E-state index contributed by atoms with van der Waals surface area (Å²) in [7, 11) is 0. The molecule has 2 aromatic rings. The van der Waals surface area contributed by atoms with Gasteiger partial charge in [0.2, 0.25) is 0 Å². The van der Waals surface area contributed by atoms with Gasteiger partial charge < -0.3 is 12.9 Å². The van der Waals surface area contributed by atoms with Gasteiger partial charge in [-0.2, -0.15) is 13.9 Å². The standard InChI is InChI=1S/C8H5BF5N2.K/c10-8(11)16-7-2-1-6(9(12,13)14)3-5(7)4-15-16;/h1-4,8H;/q-1;+1. The van der Waals surface area contributed by atoms with E-state index >= 15 is 0 Å². The first-order chi connectivity index (χ1) is 7.39. The molecule has 86 valence electrons. The van der Waals surface area contributed by atoms with Crippen LogP contribution in [0.15, 0.2) is 24.4 Å². The molecular formula is C8H5BF5KN2. The quantitative estimate of drug-likeness (QED) is 0.533. The van der Waals surface area contributed by atoms with Crippen LogP contribution in [0.2, 0.25) is 0 Å². The Morgan fingerprint density at radius 2 is 1.82 bits per heavy atom. The van der Waals surface area contributed by atoms with Crippen LogP contribution in [-0.4, -0.2) is 16.8 Å². The fraction of sp³-hybridized carbons (Fsp3) is 0.125. The maximum atomic E-state index is 12.4. The van der Waals surface area contributed by atoms with Gasteiger partial charge in [-0.1, -0.05) is 12.1 Å². The van der Waals surface area contributed by atoms with E-state index in [0.29, 0.717) is 4.68 Å². The van der Waals surface area contributed by atoms with Gasteiger partial charge in [-0.3, -0.25) is 0 Å². The molecule has 1 aromatic carbocycles. The third-order valence-electron chi connectivity index (χ3n) is 2.18. The first-order valence-corrected chi connectivity index (χ1v) is 4.35. The van der Waals surface area contributed by atoms with Crippen LogP contribution in [-0.2, 0) is 0 Å². The third kappa shape index (κ3) is 3.08. The number of halogens is 5. The maximum Gasteiger partial charge on any atom is 1.00 e. The van der Waals surface area contributed by atoms with E-state index in [-0.39, 0.29) is 62.3 Å². The Balaban J connectivity index is 0.00000144. The summed E-state index contributed by atoms with van der Waals surface area (Å²) in [4.78, 5) is 0. The Hall–Kier alpha value is 0.0413. The number of rotatable bonds is 2. The van der Waals surface area contributed by atoms with Gasteiger partial charge in [-0.15, -0.1) is 5.46 Å². The summed E-state index contributed by atoms with van der Waals surface area (Å²) in [5.74, 6) is 0. The van der Waals surface area contributed by atoms with Gasteiger partial charge in [0, 0.05) is 5.39 Å².